The molecule has 1 N–H and O–H groups in total. The van der Waals surface area contributed by atoms with Gasteiger partial charge in [-0.15, -0.1) is 5.10 Å². The molecular formula is C21H18N4O6. The van der Waals surface area contributed by atoms with Crippen LogP contribution in [0.5, 0.6) is 11.5 Å². The Morgan fingerprint density at radius 3 is 2.29 bits per heavy atom. The maximum Gasteiger partial charge on any atom is 0.322 e. The fourth-order valence-corrected chi connectivity index (χ4v) is 3.16. The average Bonchev–Trinajstić information content (AvgIpc) is 3.39. The van der Waals surface area contributed by atoms with Crippen molar-refractivity contribution in [3.63, 3.8) is 0 Å². The molecule has 0 unspecified atom stereocenters. The number of methoxy groups -OCH3 is 2. The Kier molecular flexibility index (Phi) is 5.35. The fourth-order valence-electron chi connectivity index (χ4n) is 3.16. The van der Waals surface area contributed by atoms with Gasteiger partial charge in [-0.05, 0) is 42.5 Å². The highest BCUT2D eigenvalue weighted by atomic mass is 16.5. The second kappa shape index (κ2) is 8.27. The summed E-state index contributed by atoms with van der Waals surface area (Å²) in [4.78, 5) is 37.3. The second-order valence-electron chi connectivity index (χ2n) is 6.61. The van der Waals surface area contributed by atoms with E-state index >= 15 is 0 Å². The molecular weight excluding hydrogens is 404 g/mol. The van der Waals surface area contributed by atoms with E-state index in [4.69, 9.17) is 13.9 Å². The van der Waals surface area contributed by atoms with Gasteiger partial charge in [-0.3, -0.25) is 24.6 Å². The first kappa shape index (κ1) is 20.1. The lowest BCUT2D eigenvalue weighted by Gasteiger charge is -2.13. The summed E-state index contributed by atoms with van der Waals surface area (Å²) < 4.78 is 16.0. The number of benzene rings is 2. The number of nitrogens with one attached hydrogen (secondary N) is 1. The number of nitrogens with zero attached hydrogens (tertiary/aromatic N) is 3. The van der Waals surface area contributed by atoms with Gasteiger partial charge in [0, 0.05) is 24.0 Å². The Morgan fingerprint density at radius 2 is 1.65 bits per heavy atom. The minimum atomic E-state index is -0.479. The zero-order valence-corrected chi connectivity index (χ0v) is 16.7. The topological polar surface area (TPSA) is 124 Å². The number of hydrogen-bond acceptors (Lipinski definition) is 8. The van der Waals surface area contributed by atoms with E-state index in [1.54, 1.807) is 30.3 Å². The largest absolute Gasteiger partial charge is 0.493 e. The van der Waals surface area contributed by atoms with Crippen LogP contribution in [0.15, 0.2) is 46.9 Å². The molecule has 0 bridgehead atoms. The van der Waals surface area contributed by atoms with E-state index in [-0.39, 0.29) is 36.6 Å². The van der Waals surface area contributed by atoms with Crippen molar-refractivity contribution in [1.29, 1.82) is 0 Å². The Labute approximate surface area is 176 Å². The highest BCUT2D eigenvalue weighted by Crippen LogP contribution is 2.32. The maximum atomic E-state index is 12.5. The summed E-state index contributed by atoms with van der Waals surface area (Å²) in [5, 5.41) is 10.3. The molecule has 0 spiro atoms. The SMILES string of the molecule is COc1ccc(-c2nnc(NC(=O)c3ccc(N4C(=O)CCC4=O)cc3)o2)cc1OC. The van der Waals surface area contributed by atoms with Gasteiger partial charge in [-0.1, -0.05) is 5.10 Å². The first-order valence-corrected chi connectivity index (χ1v) is 9.33. The van der Waals surface area contributed by atoms with E-state index in [0.717, 1.165) is 4.90 Å². The van der Waals surface area contributed by atoms with Gasteiger partial charge in [-0.2, -0.15) is 0 Å². The first-order valence-electron chi connectivity index (χ1n) is 9.33. The summed E-state index contributed by atoms with van der Waals surface area (Å²) in [7, 11) is 3.05. The summed E-state index contributed by atoms with van der Waals surface area (Å²) in [6, 6.07) is 11.1. The Balaban J connectivity index is 1.47. The zero-order chi connectivity index (χ0) is 22.0. The van der Waals surface area contributed by atoms with Crippen molar-refractivity contribution in [3.05, 3.63) is 48.0 Å². The Morgan fingerprint density at radius 1 is 0.968 bits per heavy atom. The number of ether oxygens (including phenoxy) is 2. The van der Waals surface area contributed by atoms with Gasteiger partial charge in [0.15, 0.2) is 11.5 Å². The lowest BCUT2D eigenvalue weighted by atomic mass is 10.2. The monoisotopic (exact) mass is 422 g/mol. The van der Waals surface area contributed by atoms with E-state index < -0.39 is 5.91 Å². The molecule has 0 radical (unpaired) electrons. The number of amides is 3. The molecule has 3 aromatic rings. The van der Waals surface area contributed by atoms with Crippen molar-refractivity contribution < 1.29 is 28.3 Å². The van der Waals surface area contributed by atoms with E-state index in [2.05, 4.69) is 15.5 Å². The standard InChI is InChI=1S/C21H18N4O6/c1-29-15-8-5-13(11-16(15)30-2)20-23-24-21(31-20)22-19(28)12-3-6-14(7-4-12)25-17(26)9-10-18(25)27/h3-8,11H,9-10H2,1-2H3,(H,22,24,28). The highest BCUT2D eigenvalue weighted by molar-refractivity contribution is 6.20. The van der Waals surface area contributed by atoms with Crippen molar-refractivity contribution in [2.75, 3.05) is 24.4 Å². The van der Waals surface area contributed by atoms with Crippen LogP contribution >= 0.6 is 0 Å². The molecule has 1 saturated heterocycles. The van der Waals surface area contributed by atoms with Crippen LogP contribution in [0, 0.1) is 0 Å². The normalized spacial score (nSPS) is 13.4. The molecule has 2 heterocycles. The molecule has 0 saturated carbocycles. The number of rotatable bonds is 6. The average molecular weight is 422 g/mol. The molecule has 1 fully saturated rings. The van der Waals surface area contributed by atoms with E-state index in [9.17, 15) is 14.4 Å². The molecule has 3 amide bonds. The Hall–Kier alpha value is -4.21. The van der Waals surface area contributed by atoms with Gasteiger partial charge in [-0.25, -0.2) is 0 Å². The Bertz CT molecular complexity index is 1140. The number of hydrogen-bond donors (Lipinski definition) is 1. The summed E-state index contributed by atoms with van der Waals surface area (Å²) in [6.45, 7) is 0. The van der Waals surface area contributed by atoms with Crippen molar-refractivity contribution in [1.82, 2.24) is 10.2 Å². The van der Waals surface area contributed by atoms with Crippen LogP contribution in [-0.2, 0) is 9.59 Å². The molecule has 1 aromatic heterocycles. The molecule has 0 atom stereocenters. The predicted molar refractivity (Wildman–Crippen MR) is 109 cm³/mol. The predicted octanol–water partition coefficient (Wildman–Crippen LogP) is 2.66. The highest BCUT2D eigenvalue weighted by Gasteiger charge is 2.30. The van der Waals surface area contributed by atoms with Gasteiger partial charge in [0.2, 0.25) is 17.7 Å². The summed E-state index contributed by atoms with van der Waals surface area (Å²) in [5.41, 5.74) is 1.32. The van der Waals surface area contributed by atoms with Gasteiger partial charge < -0.3 is 13.9 Å². The second-order valence-corrected chi connectivity index (χ2v) is 6.61. The molecule has 1 aliphatic heterocycles. The zero-order valence-electron chi connectivity index (χ0n) is 16.7. The van der Waals surface area contributed by atoms with Crippen LogP contribution in [0.25, 0.3) is 11.5 Å². The number of carbonyl (C=O) groups is 3. The van der Waals surface area contributed by atoms with Crippen LogP contribution in [0.3, 0.4) is 0 Å². The molecule has 2 aromatic carbocycles. The fraction of sp³-hybridized carbons (Fsp3) is 0.190. The molecule has 1 aliphatic rings. The number of aromatic nitrogens is 2. The summed E-state index contributed by atoms with van der Waals surface area (Å²) in [6.07, 6.45) is 0.390. The van der Waals surface area contributed by atoms with Crippen LogP contribution in [-0.4, -0.2) is 42.1 Å². The van der Waals surface area contributed by atoms with Crippen LogP contribution < -0.4 is 19.7 Å². The summed E-state index contributed by atoms with van der Waals surface area (Å²) in [5.74, 6) is 0.260. The molecule has 158 valence electrons. The van der Waals surface area contributed by atoms with Gasteiger partial charge in [0.25, 0.3) is 5.91 Å². The molecule has 31 heavy (non-hydrogen) atoms. The number of anilines is 2. The van der Waals surface area contributed by atoms with Crippen LogP contribution in [0.1, 0.15) is 23.2 Å². The summed E-state index contributed by atoms with van der Waals surface area (Å²) >= 11 is 0. The molecule has 0 aliphatic carbocycles. The van der Waals surface area contributed by atoms with E-state index in [0.29, 0.717) is 28.3 Å². The molecule has 4 rings (SSSR count). The third-order valence-corrected chi connectivity index (χ3v) is 4.72. The van der Waals surface area contributed by atoms with Gasteiger partial charge in [0.1, 0.15) is 0 Å². The van der Waals surface area contributed by atoms with Crippen molar-refractivity contribution in [2.45, 2.75) is 12.8 Å². The number of imide groups is 1. The minimum absolute atomic E-state index is 0.0799. The van der Waals surface area contributed by atoms with Crippen LogP contribution in [0.4, 0.5) is 11.7 Å². The van der Waals surface area contributed by atoms with E-state index in [1.807, 2.05) is 0 Å². The van der Waals surface area contributed by atoms with Crippen LogP contribution in [0.2, 0.25) is 0 Å². The third kappa shape index (κ3) is 3.95. The quantitative estimate of drug-likeness (QED) is 0.601. The number of carbonyl (C=O) groups excluding carboxylic acids is 3. The van der Waals surface area contributed by atoms with Crippen molar-refractivity contribution >= 4 is 29.4 Å². The first-order chi connectivity index (χ1) is 15.0. The lowest BCUT2D eigenvalue weighted by Crippen LogP contribution is -2.28. The van der Waals surface area contributed by atoms with Crippen molar-refractivity contribution in [3.8, 4) is 23.0 Å². The lowest BCUT2D eigenvalue weighted by molar-refractivity contribution is -0.121. The molecule has 10 heteroatoms. The minimum Gasteiger partial charge on any atom is -0.493 e. The smallest absolute Gasteiger partial charge is 0.322 e. The van der Waals surface area contributed by atoms with Crippen molar-refractivity contribution in [2.24, 2.45) is 0 Å². The third-order valence-electron chi connectivity index (χ3n) is 4.72. The van der Waals surface area contributed by atoms with E-state index in [1.165, 1.54) is 26.4 Å². The van der Waals surface area contributed by atoms with Gasteiger partial charge in [0.05, 0.1) is 19.9 Å². The van der Waals surface area contributed by atoms with Gasteiger partial charge >= 0.3 is 6.01 Å². The maximum absolute atomic E-state index is 12.5. The molecule has 10 nitrogen and oxygen atoms in total.